The maximum absolute atomic E-state index is 15.0. The zero-order valence-corrected chi connectivity index (χ0v) is 30.9. The Morgan fingerprint density at radius 1 is 1.09 bits per heavy atom. The van der Waals surface area contributed by atoms with Gasteiger partial charge in [-0.2, -0.15) is 18.4 Å². The van der Waals surface area contributed by atoms with Gasteiger partial charge in [-0.3, -0.25) is 19.4 Å². The summed E-state index contributed by atoms with van der Waals surface area (Å²) in [6.07, 6.45) is -4.49. The van der Waals surface area contributed by atoms with Crippen LogP contribution in [0.5, 0.6) is 11.5 Å². The first kappa shape index (κ1) is 39.9. The monoisotopic (exact) mass is 788 g/mol. The van der Waals surface area contributed by atoms with Gasteiger partial charge in [0.2, 0.25) is 5.60 Å². The van der Waals surface area contributed by atoms with E-state index in [0.29, 0.717) is 37.0 Å². The topological polar surface area (TPSA) is 133 Å². The van der Waals surface area contributed by atoms with E-state index in [1.807, 2.05) is 0 Å². The number of thiophene rings is 1. The number of carboxylic acids is 1. The van der Waals surface area contributed by atoms with E-state index in [-0.39, 0.29) is 68.5 Å². The van der Waals surface area contributed by atoms with Crippen LogP contribution in [0.25, 0.3) is 0 Å². The number of rotatable bonds is 11. The van der Waals surface area contributed by atoms with Crippen molar-refractivity contribution in [3.05, 3.63) is 75.7 Å². The van der Waals surface area contributed by atoms with Gasteiger partial charge in [0.05, 0.1) is 40.0 Å². The lowest BCUT2D eigenvalue weighted by Crippen LogP contribution is -2.68. The number of likely N-dealkylation sites (tertiary alicyclic amines) is 2. The van der Waals surface area contributed by atoms with Crippen LogP contribution < -0.4 is 9.47 Å². The summed E-state index contributed by atoms with van der Waals surface area (Å²) in [5.74, 6) is -2.55. The molecule has 55 heavy (non-hydrogen) atoms. The first-order chi connectivity index (χ1) is 26.2. The van der Waals surface area contributed by atoms with Crippen molar-refractivity contribution in [2.24, 2.45) is 5.92 Å². The summed E-state index contributed by atoms with van der Waals surface area (Å²) >= 11 is 0.737. The maximum atomic E-state index is 15.0. The zero-order chi connectivity index (χ0) is 39.5. The number of hydrogen-bond donors (Lipinski definition) is 1. The second-order valence-corrected chi connectivity index (χ2v) is 15.3. The fourth-order valence-corrected chi connectivity index (χ4v) is 8.93. The normalized spacial score (nSPS) is 24.0. The number of amides is 2. The van der Waals surface area contributed by atoms with Crippen molar-refractivity contribution in [2.45, 2.75) is 100 Å². The van der Waals surface area contributed by atoms with Crippen LogP contribution >= 0.6 is 11.3 Å². The first-order valence-corrected chi connectivity index (χ1v) is 19.2. The second-order valence-electron chi connectivity index (χ2n) is 14.4. The molecule has 0 bridgehead atoms. The zero-order valence-electron chi connectivity index (χ0n) is 30.1. The van der Waals surface area contributed by atoms with E-state index in [0.717, 1.165) is 35.7 Å². The van der Waals surface area contributed by atoms with Crippen LogP contribution in [-0.2, 0) is 21.2 Å². The van der Waals surface area contributed by atoms with Gasteiger partial charge in [-0.1, -0.05) is 31.5 Å². The molecule has 10 nitrogen and oxygen atoms in total. The van der Waals surface area contributed by atoms with Gasteiger partial charge in [0.25, 0.3) is 18.2 Å². The highest BCUT2D eigenvalue weighted by atomic mass is 32.1. The van der Waals surface area contributed by atoms with Crippen LogP contribution in [0.4, 0.5) is 22.0 Å². The van der Waals surface area contributed by atoms with Crippen LogP contribution in [0.2, 0.25) is 0 Å². The number of pyridine rings is 1. The molecule has 0 spiro atoms. The van der Waals surface area contributed by atoms with Gasteiger partial charge in [-0.25, -0.2) is 8.78 Å². The lowest BCUT2D eigenvalue weighted by Gasteiger charge is -2.51. The molecule has 16 heteroatoms. The molecule has 1 saturated carbocycles. The number of alkyl halides is 5. The third kappa shape index (κ3) is 7.99. The number of benzene rings is 1. The Morgan fingerprint density at radius 2 is 1.84 bits per heavy atom. The molecule has 2 saturated heterocycles. The number of aromatic nitrogens is 1. The van der Waals surface area contributed by atoms with Crippen molar-refractivity contribution >= 4 is 29.1 Å². The number of nitriles is 1. The number of aliphatic carboxylic acids is 1. The van der Waals surface area contributed by atoms with Crippen LogP contribution in [0, 0.1) is 17.2 Å². The summed E-state index contributed by atoms with van der Waals surface area (Å²) in [4.78, 5) is 46.9. The average Bonchev–Trinajstić information content (AvgIpc) is 3.85. The quantitative estimate of drug-likeness (QED) is 0.193. The van der Waals surface area contributed by atoms with Crippen molar-refractivity contribution in [2.75, 3.05) is 19.6 Å². The summed E-state index contributed by atoms with van der Waals surface area (Å²) in [5, 5.41) is 21.5. The molecule has 4 heterocycles. The van der Waals surface area contributed by atoms with Gasteiger partial charge in [0.1, 0.15) is 17.2 Å². The lowest BCUT2D eigenvalue weighted by atomic mass is 9.72. The van der Waals surface area contributed by atoms with Crippen molar-refractivity contribution in [3.8, 4) is 17.6 Å². The van der Waals surface area contributed by atoms with Gasteiger partial charge in [-0.05, 0) is 69.2 Å². The Balaban J connectivity index is 1.32. The number of carbonyl (C=O) groups excluding carboxylic acids is 2. The highest BCUT2D eigenvalue weighted by Gasteiger charge is 2.57. The SMILES string of the molecule is CCCC1N(C(=O)c2ncccc2C(F)(F)F)CCCC1(Oc1csc(C(F)F)c1)C(=O)N1CCC(C#N)(c2ccccc2OC2CCC(C(=O)O)C2)CC1. The molecule has 3 fully saturated rings. The molecule has 2 amide bonds. The summed E-state index contributed by atoms with van der Waals surface area (Å²) in [6, 6.07) is 11.4. The molecular weight excluding hydrogens is 748 g/mol. The number of piperidine rings is 2. The molecule has 1 N–H and O–H groups in total. The van der Waals surface area contributed by atoms with E-state index in [1.54, 1.807) is 31.2 Å². The molecule has 3 aromatic rings. The highest BCUT2D eigenvalue weighted by Crippen LogP contribution is 2.45. The molecule has 4 unspecified atom stereocenters. The molecule has 1 aliphatic carbocycles. The fourth-order valence-electron chi connectivity index (χ4n) is 8.27. The Labute approximate surface area is 318 Å². The molecular formula is C39H41F5N4O6S. The fraction of sp³-hybridized carbons (Fsp3) is 0.513. The Morgan fingerprint density at radius 3 is 2.47 bits per heavy atom. The van der Waals surface area contributed by atoms with Crippen molar-refractivity contribution in [3.63, 3.8) is 0 Å². The van der Waals surface area contributed by atoms with Crippen molar-refractivity contribution in [1.82, 2.24) is 14.8 Å². The summed E-state index contributed by atoms with van der Waals surface area (Å²) in [6.45, 7) is 1.92. The number of ether oxygens (including phenoxy) is 2. The number of nitrogens with zero attached hydrogens (tertiary/aromatic N) is 4. The molecule has 4 atom stereocenters. The van der Waals surface area contributed by atoms with Crippen LogP contribution in [-0.4, -0.2) is 75.1 Å². The minimum Gasteiger partial charge on any atom is -0.490 e. The predicted octanol–water partition coefficient (Wildman–Crippen LogP) is 8.04. The van der Waals surface area contributed by atoms with Crippen LogP contribution in [0.1, 0.15) is 97.6 Å². The van der Waals surface area contributed by atoms with Gasteiger partial charge >= 0.3 is 12.1 Å². The third-order valence-electron chi connectivity index (χ3n) is 11.0. The van der Waals surface area contributed by atoms with E-state index in [1.165, 1.54) is 15.2 Å². The summed E-state index contributed by atoms with van der Waals surface area (Å²) in [7, 11) is 0. The molecule has 0 radical (unpaired) electrons. The number of hydrogen-bond acceptors (Lipinski definition) is 8. The van der Waals surface area contributed by atoms with Crippen molar-refractivity contribution in [1.29, 1.82) is 5.26 Å². The Hall–Kier alpha value is -4.78. The predicted molar refractivity (Wildman–Crippen MR) is 190 cm³/mol. The maximum Gasteiger partial charge on any atom is 0.418 e. The highest BCUT2D eigenvalue weighted by molar-refractivity contribution is 7.10. The third-order valence-corrected chi connectivity index (χ3v) is 11.9. The smallest absolute Gasteiger partial charge is 0.418 e. The van der Waals surface area contributed by atoms with E-state index < -0.39 is 64.6 Å². The van der Waals surface area contributed by atoms with E-state index >= 15 is 4.79 Å². The van der Waals surface area contributed by atoms with Crippen molar-refractivity contribution < 1.29 is 50.9 Å². The van der Waals surface area contributed by atoms with Crippen LogP contribution in [0.15, 0.2) is 54.0 Å². The number of halogens is 5. The standard InChI is InChI=1S/C39H41F5N4O6S/c1-2-7-31-38(54-26-21-30(33(40)41)55-22-26,13-6-17-48(31)34(49)32-28(39(42,43)44)9-5-16-46-32)36(52)47-18-14-37(23-45,15-19-47)27-8-3-4-10-29(27)53-25-12-11-24(20-25)35(50)51/h3-5,8-10,16,21-22,24-25,31,33H,2,6-7,11-15,17-20H2,1H3,(H,50,51). The van der Waals surface area contributed by atoms with E-state index in [9.17, 15) is 41.9 Å². The molecule has 294 valence electrons. The summed E-state index contributed by atoms with van der Waals surface area (Å²) in [5.41, 5.74) is -4.38. The van der Waals surface area contributed by atoms with Gasteiger partial charge in [0, 0.05) is 43.2 Å². The Bertz CT molecular complexity index is 1930. The van der Waals surface area contributed by atoms with Gasteiger partial charge < -0.3 is 24.4 Å². The number of para-hydroxylation sites is 1. The molecule has 2 aliphatic heterocycles. The Kier molecular flexibility index (Phi) is 11.7. The lowest BCUT2D eigenvalue weighted by molar-refractivity contribution is -0.160. The molecule has 2 aromatic heterocycles. The van der Waals surface area contributed by atoms with Gasteiger partial charge in [0.15, 0.2) is 0 Å². The minimum atomic E-state index is -4.89. The number of carboxylic acid groups (broad SMARTS) is 1. The van der Waals surface area contributed by atoms with E-state index in [4.69, 9.17) is 9.47 Å². The molecule has 6 rings (SSSR count). The molecule has 1 aromatic carbocycles. The molecule has 3 aliphatic rings. The summed E-state index contributed by atoms with van der Waals surface area (Å²) < 4.78 is 82.4. The number of carbonyl (C=O) groups is 3. The van der Waals surface area contributed by atoms with Crippen LogP contribution in [0.3, 0.4) is 0 Å². The first-order valence-electron chi connectivity index (χ1n) is 18.3. The van der Waals surface area contributed by atoms with Gasteiger partial charge in [-0.15, -0.1) is 11.3 Å². The average molecular weight is 789 g/mol. The minimum absolute atomic E-state index is 0.00418. The van der Waals surface area contributed by atoms with E-state index in [2.05, 4.69) is 11.1 Å². The second kappa shape index (κ2) is 16.1. The largest absolute Gasteiger partial charge is 0.490 e.